The molecule has 23 heavy (non-hydrogen) atoms. The van der Waals surface area contributed by atoms with Gasteiger partial charge in [0.1, 0.15) is 0 Å². The van der Waals surface area contributed by atoms with Crippen molar-refractivity contribution in [1.29, 1.82) is 0 Å². The molecule has 3 rings (SSSR count). The molecule has 0 bridgehead atoms. The van der Waals surface area contributed by atoms with Gasteiger partial charge in [-0.15, -0.1) is 0 Å². The molecule has 2 aliphatic carbocycles. The molecule has 0 spiro atoms. The zero-order valence-corrected chi connectivity index (χ0v) is 15.2. The fourth-order valence-corrected chi connectivity index (χ4v) is 5.62. The van der Waals surface area contributed by atoms with Crippen molar-refractivity contribution in [2.45, 2.75) is 64.5 Å². The first kappa shape index (κ1) is 17.1. The fourth-order valence-electron chi connectivity index (χ4n) is 3.77. The second kappa shape index (κ2) is 6.99. The molecule has 0 aromatic carbocycles. The van der Waals surface area contributed by atoms with Crippen LogP contribution in [0.3, 0.4) is 0 Å². The van der Waals surface area contributed by atoms with E-state index in [1.807, 2.05) is 0 Å². The van der Waals surface area contributed by atoms with Gasteiger partial charge in [0.15, 0.2) is 15.8 Å². The Morgan fingerprint density at radius 3 is 2.35 bits per heavy atom. The van der Waals surface area contributed by atoms with Crippen LogP contribution in [0.15, 0.2) is 4.99 Å². The largest absolute Gasteiger partial charge is 0.353 e. The number of nitrogens with one attached hydrogen (secondary N) is 2. The lowest BCUT2D eigenvalue weighted by Crippen LogP contribution is -2.48. The quantitative estimate of drug-likeness (QED) is 0.606. The average molecular weight is 342 g/mol. The van der Waals surface area contributed by atoms with Crippen molar-refractivity contribution in [1.82, 2.24) is 10.6 Å². The third-order valence-electron chi connectivity index (χ3n) is 5.70. The molecule has 1 heterocycles. The first-order valence-electron chi connectivity index (χ1n) is 9.21. The van der Waals surface area contributed by atoms with Crippen molar-refractivity contribution in [2.75, 3.05) is 18.1 Å². The van der Waals surface area contributed by atoms with Crippen molar-refractivity contribution in [3.05, 3.63) is 0 Å². The molecule has 0 aromatic heterocycles. The van der Waals surface area contributed by atoms with Crippen LogP contribution in [0.1, 0.15) is 52.4 Å². The number of sulfone groups is 1. The molecule has 5 nitrogen and oxygen atoms in total. The van der Waals surface area contributed by atoms with Crippen molar-refractivity contribution in [3.8, 4) is 0 Å². The Morgan fingerprint density at radius 1 is 1.04 bits per heavy atom. The lowest BCUT2D eigenvalue weighted by molar-refractivity contribution is 0.306. The maximum Gasteiger partial charge on any atom is 0.191 e. The predicted molar refractivity (Wildman–Crippen MR) is 94.3 cm³/mol. The third-order valence-corrected chi connectivity index (χ3v) is 7.54. The summed E-state index contributed by atoms with van der Waals surface area (Å²) in [4.78, 5) is 4.74. The summed E-state index contributed by atoms with van der Waals surface area (Å²) >= 11 is 0. The highest BCUT2D eigenvalue weighted by molar-refractivity contribution is 7.91. The van der Waals surface area contributed by atoms with Crippen LogP contribution in [-0.2, 0) is 9.84 Å². The van der Waals surface area contributed by atoms with Crippen molar-refractivity contribution >= 4 is 15.8 Å². The molecule has 2 N–H and O–H groups in total. The Hall–Kier alpha value is -0.780. The van der Waals surface area contributed by atoms with E-state index in [1.54, 1.807) is 0 Å². The van der Waals surface area contributed by atoms with E-state index in [0.29, 0.717) is 36.1 Å². The summed E-state index contributed by atoms with van der Waals surface area (Å²) in [5, 5.41) is 7.17. The third kappa shape index (κ3) is 4.85. The van der Waals surface area contributed by atoms with Crippen LogP contribution in [-0.4, -0.2) is 44.5 Å². The minimum absolute atomic E-state index is 0.194. The van der Waals surface area contributed by atoms with Gasteiger partial charge in [0.05, 0.1) is 11.5 Å². The molecular formula is C17H31N3O2S. The van der Waals surface area contributed by atoms with Gasteiger partial charge in [-0.25, -0.2) is 8.42 Å². The molecule has 3 fully saturated rings. The van der Waals surface area contributed by atoms with E-state index in [-0.39, 0.29) is 5.92 Å². The normalized spacial score (nSPS) is 39.9. The second-order valence-corrected chi connectivity index (χ2v) is 10.2. The minimum atomic E-state index is -2.81. The van der Waals surface area contributed by atoms with Gasteiger partial charge in [0.2, 0.25) is 0 Å². The van der Waals surface area contributed by atoms with Gasteiger partial charge in [-0.1, -0.05) is 26.7 Å². The molecular weight excluding hydrogens is 310 g/mol. The number of aliphatic imine (C=N–C) groups is 1. The maximum absolute atomic E-state index is 11.6. The van der Waals surface area contributed by atoms with Crippen LogP contribution in [0.2, 0.25) is 0 Å². The summed E-state index contributed by atoms with van der Waals surface area (Å²) in [7, 11) is -2.81. The fraction of sp³-hybridized carbons (Fsp3) is 0.941. The summed E-state index contributed by atoms with van der Waals surface area (Å²) in [6.45, 7) is 5.19. The van der Waals surface area contributed by atoms with Crippen LogP contribution >= 0.6 is 0 Å². The lowest BCUT2D eigenvalue weighted by atomic mass is 9.86. The van der Waals surface area contributed by atoms with E-state index < -0.39 is 9.84 Å². The highest BCUT2D eigenvalue weighted by Crippen LogP contribution is 2.29. The highest BCUT2D eigenvalue weighted by atomic mass is 32.2. The zero-order chi connectivity index (χ0) is 16.4. The number of guanidine groups is 1. The van der Waals surface area contributed by atoms with Gasteiger partial charge >= 0.3 is 0 Å². The lowest BCUT2D eigenvalue weighted by Gasteiger charge is -2.31. The Balaban J connectivity index is 1.59. The van der Waals surface area contributed by atoms with Gasteiger partial charge < -0.3 is 10.6 Å². The first-order chi connectivity index (χ1) is 10.9. The SMILES string of the molecule is CC1CCCCC1NC(=NCC1CCS(=O)(=O)C1)NC1CC1C. The Labute approximate surface area is 140 Å². The molecule has 0 aromatic rings. The van der Waals surface area contributed by atoms with Crippen LogP contribution in [0.4, 0.5) is 0 Å². The molecule has 132 valence electrons. The van der Waals surface area contributed by atoms with E-state index in [0.717, 1.165) is 18.3 Å². The van der Waals surface area contributed by atoms with Crippen LogP contribution in [0.25, 0.3) is 0 Å². The maximum atomic E-state index is 11.6. The standard InChI is InChI=1S/C17H31N3O2S/c1-12-5-3-4-6-15(12)19-17(20-16-9-13(16)2)18-10-14-7-8-23(21,22)11-14/h12-16H,3-11H2,1-2H3,(H2,18,19,20). The molecule has 5 atom stereocenters. The summed E-state index contributed by atoms with van der Waals surface area (Å²) in [5.74, 6) is 3.14. The molecule has 0 radical (unpaired) electrons. The van der Waals surface area contributed by atoms with Crippen molar-refractivity contribution in [3.63, 3.8) is 0 Å². The van der Waals surface area contributed by atoms with Crippen molar-refractivity contribution < 1.29 is 8.42 Å². The van der Waals surface area contributed by atoms with Crippen molar-refractivity contribution in [2.24, 2.45) is 22.7 Å². The summed E-state index contributed by atoms with van der Waals surface area (Å²) in [5.41, 5.74) is 0. The van der Waals surface area contributed by atoms with Crippen LogP contribution in [0, 0.1) is 17.8 Å². The summed E-state index contributed by atoms with van der Waals surface area (Å²) in [6, 6.07) is 1.03. The number of hydrogen-bond acceptors (Lipinski definition) is 3. The predicted octanol–water partition coefficient (Wildman–Crippen LogP) is 1.94. The second-order valence-electron chi connectivity index (χ2n) is 7.93. The number of nitrogens with zero attached hydrogens (tertiary/aromatic N) is 1. The van der Waals surface area contributed by atoms with E-state index in [9.17, 15) is 8.42 Å². The Bertz CT molecular complexity index is 546. The topological polar surface area (TPSA) is 70.6 Å². The van der Waals surface area contributed by atoms with E-state index in [1.165, 1.54) is 32.1 Å². The van der Waals surface area contributed by atoms with Crippen LogP contribution < -0.4 is 10.6 Å². The van der Waals surface area contributed by atoms with E-state index in [2.05, 4.69) is 24.5 Å². The van der Waals surface area contributed by atoms with Gasteiger partial charge in [-0.3, -0.25) is 4.99 Å². The zero-order valence-electron chi connectivity index (χ0n) is 14.4. The monoisotopic (exact) mass is 341 g/mol. The van der Waals surface area contributed by atoms with Gasteiger partial charge in [0.25, 0.3) is 0 Å². The number of rotatable bonds is 4. The van der Waals surface area contributed by atoms with Crippen LogP contribution in [0.5, 0.6) is 0 Å². The molecule has 1 aliphatic heterocycles. The number of hydrogen-bond donors (Lipinski definition) is 2. The van der Waals surface area contributed by atoms with Gasteiger partial charge in [0, 0.05) is 18.6 Å². The molecule has 0 amide bonds. The average Bonchev–Trinajstić information content (AvgIpc) is 3.06. The minimum Gasteiger partial charge on any atom is -0.353 e. The smallest absolute Gasteiger partial charge is 0.191 e. The molecule has 3 aliphatic rings. The van der Waals surface area contributed by atoms with E-state index in [4.69, 9.17) is 4.99 Å². The van der Waals surface area contributed by atoms with Gasteiger partial charge in [-0.05, 0) is 43.4 Å². The summed E-state index contributed by atoms with van der Waals surface area (Å²) < 4.78 is 23.2. The first-order valence-corrected chi connectivity index (χ1v) is 11.0. The molecule has 2 saturated carbocycles. The molecule has 5 unspecified atom stereocenters. The highest BCUT2D eigenvalue weighted by Gasteiger charge is 2.34. The summed E-state index contributed by atoms with van der Waals surface area (Å²) in [6.07, 6.45) is 7.08. The Kier molecular flexibility index (Phi) is 5.19. The molecule has 1 saturated heterocycles. The Morgan fingerprint density at radius 2 is 1.74 bits per heavy atom. The van der Waals surface area contributed by atoms with Gasteiger partial charge in [-0.2, -0.15) is 0 Å². The molecule has 6 heteroatoms. The van der Waals surface area contributed by atoms with E-state index >= 15 is 0 Å².